The highest BCUT2D eigenvalue weighted by molar-refractivity contribution is 5.97. The fourth-order valence-corrected chi connectivity index (χ4v) is 1.42. The molecule has 1 aromatic rings. The number of aliphatic carboxylic acids is 1. The molecule has 0 spiro atoms. The Morgan fingerprint density at radius 3 is 2.70 bits per heavy atom. The van der Waals surface area contributed by atoms with Gasteiger partial charge < -0.3 is 10.4 Å². The van der Waals surface area contributed by atoms with E-state index in [1.165, 1.54) is 6.08 Å². The van der Waals surface area contributed by atoms with Crippen LogP contribution in [-0.4, -0.2) is 27.9 Å². The average Bonchev–Trinajstić information content (AvgIpc) is 2.38. The zero-order chi connectivity index (χ0) is 15.3. The lowest BCUT2D eigenvalue weighted by atomic mass is 10.1. The fourth-order valence-electron chi connectivity index (χ4n) is 1.42. The first-order valence-corrected chi connectivity index (χ1v) is 5.45. The number of hydrogen-bond acceptors (Lipinski definition) is 4. The summed E-state index contributed by atoms with van der Waals surface area (Å²) in [5.41, 5.74) is -1.05. The normalized spacial score (nSPS) is 11.4. The maximum absolute atomic E-state index is 13.5. The Balaban J connectivity index is 3.02. The second kappa shape index (κ2) is 6.41. The molecular weight excluding hydrogens is 271 g/mol. The van der Waals surface area contributed by atoms with Crippen LogP contribution in [0.2, 0.25) is 0 Å². The molecule has 0 aliphatic rings. The molecule has 1 aromatic carbocycles. The summed E-state index contributed by atoms with van der Waals surface area (Å²) in [6.45, 7) is 3.34. The Labute approximate surface area is 112 Å². The van der Waals surface area contributed by atoms with E-state index >= 15 is 0 Å². The van der Waals surface area contributed by atoms with E-state index in [1.54, 1.807) is 0 Å². The smallest absolute Gasteiger partial charge is 0.326 e. The largest absolute Gasteiger partial charge is 0.480 e. The molecule has 1 atom stereocenters. The van der Waals surface area contributed by atoms with Gasteiger partial charge in [0.1, 0.15) is 11.9 Å². The Morgan fingerprint density at radius 2 is 2.20 bits per heavy atom. The van der Waals surface area contributed by atoms with Gasteiger partial charge in [0.05, 0.1) is 10.5 Å². The molecule has 0 aromatic heterocycles. The molecule has 106 valence electrons. The second-order valence-corrected chi connectivity index (χ2v) is 3.81. The highest BCUT2D eigenvalue weighted by atomic mass is 19.1. The van der Waals surface area contributed by atoms with Crippen LogP contribution in [0.25, 0.3) is 0 Å². The van der Waals surface area contributed by atoms with Crippen molar-refractivity contribution in [3.8, 4) is 0 Å². The van der Waals surface area contributed by atoms with E-state index in [9.17, 15) is 24.1 Å². The summed E-state index contributed by atoms with van der Waals surface area (Å²) in [7, 11) is 0. The topological polar surface area (TPSA) is 110 Å². The fraction of sp³-hybridized carbons (Fsp3) is 0.167. The zero-order valence-corrected chi connectivity index (χ0v) is 10.2. The van der Waals surface area contributed by atoms with Crippen LogP contribution in [0.15, 0.2) is 30.9 Å². The molecule has 1 amide bonds. The predicted molar refractivity (Wildman–Crippen MR) is 66.8 cm³/mol. The first-order chi connectivity index (χ1) is 9.36. The third-order valence-corrected chi connectivity index (χ3v) is 2.41. The predicted octanol–water partition coefficient (Wildman–Crippen LogP) is 1.49. The van der Waals surface area contributed by atoms with Crippen molar-refractivity contribution in [2.75, 3.05) is 0 Å². The number of carbonyl (C=O) groups is 2. The molecule has 0 aliphatic carbocycles. The highest BCUT2D eigenvalue weighted by Gasteiger charge is 2.22. The SMILES string of the molecule is C=CCC(NC(=O)c1cc([N+](=O)[O-])ccc1F)C(=O)O. The number of nitro groups is 1. The van der Waals surface area contributed by atoms with Crippen molar-refractivity contribution in [1.29, 1.82) is 0 Å². The summed E-state index contributed by atoms with van der Waals surface area (Å²) in [4.78, 5) is 32.4. The molecule has 0 radical (unpaired) electrons. The molecular formula is C12H11FN2O5. The number of carbonyl (C=O) groups excluding carboxylic acids is 1. The summed E-state index contributed by atoms with van der Waals surface area (Å²) in [5, 5.41) is 21.5. The van der Waals surface area contributed by atoms with Gasteiger partial charge in [-0.05, 0) is 12.5 Å². The van der Waals surface area contributed by atoms with Crippen molar-refractivity contribution in [1.82, 2.24) is 5.32 Å². The number of nitrogens with zero attached hydrogens (tertiary/aromatic N) is 1. The number of amides is 1. The number of hydrogen-bond donors (Lipinski definition) is 2. The van der Waals surface area contributed by atoms with Crippen molar-refractivity contribution in [2.45, 2.75) is 12.5 Å². The lowest BCUT2D eigenvalue weighted by Crippen LogP contribution is -2.40. The van der Waals surface area contributed by atoms with Crippen LogP contribution in [0.5, 0.6) is 0 Å². The van der Waals surface area contributed by atoms with Gasteiger partial charge in [-0.25, -0.2) is 9.18 Å². The van der Waals surface area contributed by atoms with Gasteiger partial charge in [0, 0.05) is 12.1 Å². The van der Waals surface area contributed by atoms with E-state index in [2.05, 4.69) is 11.9 Å². The molecule has 0 saturated carbocycles. The number of non-ortho nitro benzene ring substituents is 1. The van der Waals surface area contributed by atoms with E-state index in [1.807, 2.05) is 0 Å². The minimum atomic E-state index is -1.32. The van der Waals surface area contributed by atoms with Gasteiger partial charge >= 0.3 is 5.97 Å². The van der Waals surface area contributed by atoms with Crippen LogP contribution in [0.3, 0.4) is 0 Å². The van der Waals surface area contributed by atoms with Gasteiger partial charge in [0.2, 0.25) is 0 Å². The lowest BCUT2D eigenvalue weighted by molar-refractivity contribution is -0.384. The Hall–Kier alpha value is -2.77. The van der Waals surface area contributed by atoms with Crippen LogP contribution < -0.4 is 5.32 Å². The molecule has 8 heteroatoms. The number of nitrogens with one attached hydrogen (secondary N) is 1. The molecule has 2 N–H and O–H groups in total. The Morgan fingerprint density at radius 1 is 1.55 bits per heavy atom. The number of halogens is 1. The summed E-state index contributed by atoms with van der Waals surface area (Å²) in [5.74, 6) is -3.33. The number of carboxylic acid groups (broad SMARTS) is 1. The lowest BCUT2D eigenvalue weighted by Gasteiger charge is -2.12. The van der Waals surface area contributed by atoms with Crippen molar-refractivity contribution in [3.63, 3.8) is 0 Å². The quantitative estimate of drug-likeness (QED) is 0.466. The van der Waals surface area contributed by atoms with Gasteiger partial charge in [-0.15, -0.1) is 6.58 Å². The van der Waals surface area contributed by atoms with Gasteiger partial charge in [0.25, 0.3) is 11.6 Å². The van der Waals surface area contributed by atoms with E-state index in [4.69, 9.17) is 5.11 Å². The number of carboxylic acids is 1. The number of rotatable bonds is 6. The number of benzene rings is 1. The summed E-state index contributed by atoms with van der Waals surface area (Å²) in [6, 6.07) is 1.15. The summed E-state index contributed by atoms with van der Waals surface area (Å²) < 4.78 is 13.5. The van der Waals surface area contributed by atoms with Crippen LogP contribution in [0.1, 0.15) is 16.8 Å². The maximum atomic E-state index is 13.5. The molecule has 0 saturated heterocycles. The van der Waals surface area contributed by atoms with Gasteiger partial charge in [0.15, 0.2) is 0 Å². The van der Waals surface area contributed by atoms with Crippen molar-refractivity contribution >= 4 is 17.6 Å². The van der Waals surface area contributed by atoms with Gasteiger partial charge in [-0.1, -0.05) is 6.08 Å². The molecule has 7 nitrogen and oxygen atoms in total. The first kappa shape index (κ1) is 15.3. The Kier molecular flexibility index (Phi) is 4.90. The van der Waals surface area contributed by atoms with Gasteiger partial charge in [-0.2, -0.15) is 0 Å². The van der Waals surface area contributed by atoms with Crippen molar-refractivity contribution in [2.24, 2.45) is 0 Å². The maximum Gasteiger partial charge on any atom is 0.326 e. The number of nitro benzene ring substituents is 1. The molecule has 0 fully saturated rings. The molecule has 0 bridgehead atoms. The summed E-state index contributed by atoms with van der Waals surface area (Å²) >= 11 is 0. The molecule has 1 unspecified atom stereocenters. The molecule has 1 rings (SSSR count). The van der Waals surface area contributed by atoms with Crippen LogP contribution in [0, 0.1) is 15.9 Å². The Bertz CT molecular complexity index is 573. The third kappa shape index (κ3) is 3.61. The monoisotopic (exact) mass is 282 g/mol. The molecule has 20 heavy (non-hydrogen) atoms. The van der Waals surface area contributed by atoms with Crippen molar-refractivity contribution in [3.05, 3.63) is 52.3 Å². The van der Waals surface area contributed by atoms with Gasteiger partial charge in [-0.3, -0.25) is 14.9 Å². The van der Waals surface area contributed by atoms with Crippen LogP contribution >= 0.6 is 0 Å². The van der Waals surface area contributed by atoms with E-state index in [0.29, 0.717) is 0 Å². The molecule has 0 heterocycles. The third-order valence-electron chi connectivity index (χ3n) is 2.41. The first-order valence-electron chi connectivity index (χ1n) is 5.45. The molecule has 0 aliphatic heterocycles. The minimum Gasteiger partial charge on any atom is -0.480 e. The van der Waals surface area contributed by atoms with E-state index in [-0.39, 0.29) is 6.42 Å². The summed E-state index contributed by atoms with van der Waals surface area (Å²) in [6.07, 6.45) is 1.22. The van der Waals surface area contributed by atoms with Crippen LogP contribution in [0.4, 0.5) is 10.1 Å². The minimum absolute atomic E-state index is 0.0579. The van der Waals surface area contributed by atoms with E-state index < -0.39 is 39.9 Å². The standard InChI is InChI=1S/C12H11FN2O5/c1-2-3-10(12(17)18)14-11(16)8-6-7(15(19)20)4-5-9(8)13/h2,4-6,10H,1,3H2,(H,14,16)(H,17,18). The second-order valence-electron chi connectivity index (χ2n) is 3.81. The van der Waals surface area contributed by atoms with E-state index in [0.717, 1.165) is 18.2 Å². The average molecular weight is 282 g/mol. The van der Waals surface area contributed by atoms with Crippen molar-refractivity contribution < 1.29 is 24.0 Å². The van der Waals surface area contributed by atoms with Crippen LogP contribution in [-0.2, 0) is 4.79 Å². The zero-order valence-electron chi connectivity index (χ0n) is 10.2. The highest BCUT2D eigenvalue weighted by Crippen LogP contribution is 2.17.